The highest BCUT2D eigenvalue weighted by Gasteiger charge is 2.25. The van der Waals surface area contributed by atoms with Gasteiger partial charge >= 0.3 is 0 Å². The zero-order chi connectivity index (χ0) is 17.0. The summed E-state index contributed by atoms with van der Waals surface area (Å²) in [5, 5.41) is 7.40. The highest BCUT2D eigenvalue weighted by molar-refractivity contribution is 7.80. The molecule has 0 aromatic heterocycles. The van der Waals surface area contributed by atoms with Crippen LogP contribution < -0.4 is 10.6 Å². The molecule has 3 heteroatoms. The third kappa shape index (κ3) is 6.78. The summed E-state index contributed by atoms with van der Waals surface area (Å²) in [4.78, 5) is 0. The van der Waals surface area contributed by atoms with Gasteiger partial charge in [0, 0.05) is 11.2 Å². The average Bonchev–Trinajstić information content (AvgIpc) is 2.34. The second kappa shape index (κ2) is 7.45. The van der Waals surface area contributed by atoms with Crippen LogP contribution in [0.1, 0.15) is 72.8 Å². The van der Waals surface area contributed by atoms with Gasteiger partial charge in [0.05, 0.1) is 0 Å². The topological polar surface area (TPSA) is 24.1 Å². The SMILES string of the molecule is CCC(C)c1ccc(NC(=S)NC(C)(C)CC(C)(C)C)cc1. The molecule has 0 fully saturated rings. The van der Waals surface area contributed by atoms with Gasteiger partial charge in [-0.2, -0.15) is 0 Å². The summed E-state index contributed by atoms with van der Waals surface area (Å²) in [6.07, 6.45) is 2.21. The highest BCUT2D eigenvalue weighted by atomic mass is 32.1. The second-order valence-corrected chi connectivity index (χ2v) is 8.54. The molecule has 124 valence electrons. The molecule has 0 bridgehead atoms. The molecule has 0 aliphatic heterocycles. The van der Waals surface area contributed by atoms with Gasteiger partial charge in [0.15, 0.2) is 5.11 Å². The van der Waals surface area contributed by atoms with E-state index >= 15 is 0 Å². The van der Waals surface area contributed by atoms with Gasteiger partial charge in [-0.3, -0.25) is 0 Å². The van der Waals surface area contributed by atoms with Crippen LogP contribution in [0.3, 0.4) is 0 Å². The van der Waals surface area contributed by atoms with Crippen molar-refractivity contribution in [2.24, 2.45) is 5.41 Å². The van der Waals surface area contributed by atoms with E-state index in [9.17, 15) is 0 Å². The van der Waals surface area contributed by atoms with Crippen LogP contribution in [-0.2, 0) is 0 Å². The molecule has 0 aliphatic carbocycles. The Morgan fingerprint density at radius 3 is 2.09 bits per heavy atom. The largest absolute Gasteiger partial charge is 0.358 e. The molecule has 0 saturated carbocycles. The predicted octanol–water partition coefficient (Wildman–Crippen LogP) is 5.70. The van der Waals surface area contributed by atoms with Crippen molar-refractivity contribution in [3.63, 3.8) is 0 Å². The number of hydrogen-bond acceptors (Lipinski definition) is 1. The first kappa shape index (κ1) is 19.0. The van der Waals surface area contributed by atoms with Crippen molar-refractivity contribution in [3.8, 4) is 0 Å². The van der Waals surface area contributed by atoms with Gasteiger partial charge < -0.3 is 10.6 Å². The van der Waals surface area contributed by atoms with Gasteiger partial charge in [-0.05, 0) is 67.9 Å². The number of rotatable bonds is 5. The third-order valence-corrected chi connectivity index (χ3v) is 3.98. The average molecular weight is 321 g/mol. The van der Waals surface area contributed by atoms with Crippen LogP contribution in [0.5, 0.6) is 0 Å². The van der Waals surface area contributed by atoms with E-state index in [1.54, 1.807) is 0 Å². The first-order chi connectivity index (χ1) is 10.0. The fourth-order valence-electron chi connectivity index (χ4n) is 2.97. The maximum absolute atomic E-state index is 5.46. The Morgan fingerprint density at radius 1 is 1.09 bits per heavy atom. The molecule has 1 aromatic rings. The lowest BCUT2D eigenvalue weighted by molar-refractivity contribution is 0.268. The van der Waals surface area contributed by atoms with Crippen LogP contribution in [0.25, 0.3) is 0 Å². The van der Waals surface area contributed by atoms with Gasteiger partial charge in [0.25, 0.3) is 0 Å². The predicted molar refractivity (Wildman–Crippen MR) is 103 cm³/mol. The summed E-state index contributed by atoms with van der Waals surface area (Å²) in [6, 6.07) is 8.57. The van der Waals surface area contributed by atoms with Gasteiger partial charge in [-0.1, -0.05) is 46.8 Å². The van der Waals surface area contributed by atoms with E-state index < -0.39 is 0 Å². The summed E-state index contributed by atoms with van der Waals surface area (Å²) >= 11 is 5.46. The van der Waals surface area contributed by atoms with Gasteiger partial charge in [-0.25, -0.2) is 0 Å². The van der Waals surface area contributed by atoms with E-state index in [1.807, 2.05) is 0 Å². The van der Waals surface area contributed by atoms with E-state index in [2.05, 4.69) is 83.4 Å². The van der Waals surface area contributed by atoms with Crippen molar-refractivity contribution in [2.45, 2.75) is 72.8 Å². The Bertz CT molecular complexity index is 483. The van der Waals surface area contributed by atoms with Gasteiger partial charge in [0.2, 0.25) is 0 Å². The summed E-state index contributed by atoms with van der Waals surface area (Å²) in [5.74, 6) is 0.602. The van der Waals surface area contributed by atoms with Crippen LogP contribution >= 0.6 is 12.2 Å². The summed E-state index contributed by atoms with van der Waals surface area (Å²) in [5.41, 5.74) is 2.65. The number of benzene rings is 1. The zero-order valence-corrected chi connectivity index (χ0v) is 16.0. The molecular weight excluding hydrogens is 288 g/mol. The Morgan fingerprint density at radius 2 is 1.64 bits per heavy atom. The Hall–Kier alpha value is -1.09. The van der Waals surface area contributed by atoms with Crippen molar-refractivity contribution in [3.05, 3.63) is 29.8 Å². The Balaban J connectivity index is 2.61. The molecule has 0 spiro atoms. The molecule has 0 saturated heterocycles. The number of anilines is 1. The molecule has 0 radical (unpaired) electrons. The van der Waals surface area contributed by atoms with Crippen LogP contribution in [0.15, 0.2) is 24.3 Å². The molecule has 2 nitrogen and oxygen atoms in total. The highest BCUT2D eigenvalue weighted by Crippen LogP contribution is 2.27. The van der Waals surface area contributed by atoms with Gasteiger partial charge in [-0.15, -0.1) is 0 Å². The molecule has 1 atom stereocenters. The van der Waals surface area contributed by atoms with E-state index in [0.717, 1.165) is 18.5 Å². The molecule has 2 N–H and O–H groups in total. The smallest absolute Gasteiger partial charge is 0.171 e. The maximum atomic E-state index is 5.46. The number of hydrogen-bond donors (Lipinski definition) is 2. The lowest BCUT2D eigenvalue weighted by atomic mass is 9.82. The summed E-state index contributed by atoms with van der Waals surface area (Å²) in [6.45, 7) is 15.6. The first-order valence-corrected chi connectivity index (χ1v) is 8.62. The van der Waals surface area contributed by atoms with Crippen molar-refractivity contribution in [1.82, 2.24) is 5.32 Å². The molecule has 0 aliphatic rings. The molecular formula is C19H32N2S. The standard InChI is InChI=1S/C19H32N2S/c1-8-14(2)15-9-11-16(12-10-15)20-17(22)21-19(6,7)13-18(3,4)5/h9-12,14H,8,13H2,1-7H3,(H2,20,21,22). The quantitative estimate of drug-likeness (QED) is 0.680. The minimum atomic E-state index is -0.0288. The van der Waals surface area contributed by atoms with Crippen molar-refractivity contribution in [2.75, 3.05) is 5.32 Å². The fourth-order valence-corrected chi connectivity index (χ4v) is 3.36. The maximum Gasteiger partial charge on any atom is 0.171 e. The molecule has 22 heavy (non-hydrogen) atoms. The summed E-state index contributed by atoms with van der Waals surface area (Å²) in [7, 11) is 0. The normalized spacial score (nSPS) is 13.6. The van der Waals surface area contributed by atoms with Crippen LogP contribution in [0.2, 0.25) is 0 Å². The molecule has 1 unspecified atom stereocenters. The van der Waals surface area contributed by atoms with E-state index in [4.69, 9.17) is 12.2 Å². The minimum absolute atomic E-state index is 0.0288. The lowest BCUT2D eigenvalue weighted by Crippen LogP contribution is -2.47. The monoisotopic (exact) mass is 320 g/mol. The van der Waals surface area contributed by atoms with Crippen LogP contribution in [0.4, 0.5) is 5.69 Å². The third-order valence-electron chi connectivity index (χ3n) is 3.77. The molecule has 0 amide bonds. The van der Waals surface area contributed by atoms with E-state index in [-0.39, 0.29) is 11.0 Å². The fraction of sp³-hybridized carbons (Fsp3) is 0.632. The first-order valence-electron chi connectivity index (χ1n) is 8.21. The molecule has 0 heterocycles. The Kier molecular flexibility index (Phi) is 6.42. The number of nitrogens with one attached hydrogen (secondary N) is 2. The summed E-state index contributed by atoms with van der Waals surface area (Å²) < 4.78 is 0. The molecule has 1 rings (SSSR count). The Labute approximate surface area is 142 Å². The van der Waals surface area contributed by atoms with Crippen LogP contribution in [-0.4, -0.2) is 10.7 Å². The van der Waals surface area contributed by atoms with Crippen molar-refractivity contribution >= 4 is 23.0 Å². The minimum Gasteiger partial charge on any atom is -0.358 e. The lowest BCUT2D eigenvalue weighted by Gasteiger charge is -2.34. The van der Waals surface area contributed by atoms with Crippen molar-refractivity contribution in [1.29, 1.82) is 0 Å². The zero-order valence-electron chi connectivity index (χ0n) is 15.2. The van der Waals surface area contributed by atoms with Crippen molar-refractivity contribution < 1.29 is 0 Å². The second-order valence-electron chi connectivity index (χ2n) is 8.13. The van der Waals surface area contributed by atoms with E-state index in [0.29, 0.717) is 11.0 Å². The van der Waals surface area contributed by atoms with E-state index in [1.165, 1.54) is 5.56 Å². The van der Waals surface area contributed by atoms with Gasteiger partial charge in [0.1, 0.15) is 0 Å². The number of thiocarbonyl (C=S) groups is 1. The molecule has 1 aromatic carbocycles. The van der Waals surface area contributed by atoms with Crippen LogP contribution in [0, 0.1) is 5.41 Å².